The summed E-state index contributed by atoms with van der Waals surface area (Å²) in [5, 5.41) is 1.99. The number of fused-ring (bicyclic) bond motifs is 1. The summed E-state index contributed by atoms with van der Waals surface area (Å²) in [5.74, 6) is 1.88. The van der Waals surface area contributed by atoms with Crippen LogP contribution in [0.5, 0.6) is 17.2 Å². The summed E-state index contributed by atoms with van der Waals surface area (Å²) >= 11 is 1.53. The molecule has 2 aromatic carbocycles. The van der Waals surface area contributed by atoms with Gasteiger partial charge in [0.2, 0.25) is 16.6 Å². The number of carbonyl (C=O) groups excluding carboxylic acids is 1. The lowest BCUT2D eigenvalue weighted by atomic mass is 9.98. The van der Waals surface area contributed by atoms with Crippen molar-refractivity contribution in [3.8, 4) is 17.2 Å². The first kappa shape index (κ1) is 27.1. The second-order valence-electron chi connectivity index (χ2n) is 10.8. The molecule has 10 heteroatoms. The van der Waals surface area contributed by atoms with Gasteiger partial charge in [-0.1, -0.05) is 0 Å². The molecule has 0 unspecified atom stereocenters. The highest BCUT2D eigenvalue weighted by atomic mass is 32.2. The van der Waals surface area contributed by atoms with Crippen LogP contribution in [0.15, 0.2) is 57.6 Å². The van der Waals surface area contributed by atoms with E-state index in [9.17, 15) is 13.2 Å². The van der Waals surface area contributed by atoms with E-state index < -0.39 is 9.84 Å². The molecule has 8 nitrogen and oxygen atoms in total. The van der Waals surface area contributed by atoms with E-state index in [-0.39, 0.29) is 28.6 Å². The number of nitrogens with zero attached hydrogens (tertiary/aromatic N) is 2. The van der Waals surface area contributed by atoms with Crippen LogP contribution in [0.1, 0.15) is 46.5 Å². The third-order valence-corrected chi connectivity index (χ3v) is 11.0. The maximum atomic E-state index is 13.2. The molecular weight excluding hydrogens is 548 g/mol. The number of carbonyl (C=O) groups is 1. The molecule has 6 rings (SSSR count). The minimum Gasteiger partial charge on any atom is -0.490 e. The molecule has 40 heavy (non-hydrogen) atoms. The number of hydrogen-bond acceptors (Lipinski definition) is 8. The van der Waals surface area contributed by atoms with E-state index in [2.05, 4.69) is 4.90 Å². The molecule has 0 atom stereocenters. The number of aryl methyl sites for hydroxylation is 2. The van der Waals surface area contributed by atoms with Gasteiger partial charge < -0.3 is 19.1 Å². The molecular formula is C30H34N2O6S2. The Morgan fingerprint density at radius 3 is 2.27 bits per heavy atom. The highest BCUT2D eigenvalue weighted by molar-refractivity contribution is 7.91. The van der Waals surface area contributed by atoms with Crippen LogP contribution in [0, 0.1) is 13.8 Å². The maximum Gasteiger partial charge on any atom is 0.264 e. The van der Waals surface area contributed by atoms with Crippen molar-refractivity contribution in [3.63, 3.8) is 0 Å². The summed E-state index contributed by atoms with van der Waals surface area (Å²) in [4.78, 5) is 18.7. The molecule has 3 aliphatic heterocycles. The first-order valence-corrected chi connectivity index (χ1v) is 16.2. The summed E-state index contributed by atoms with van der Waals surface area (Å²) in [6.07, 6.45) is 3.93. The fourth-order valence-corrected chi connectivity index (χ4v) is 8.06. The predicted octanol–water partition coefficient (Wildman–Crippen LogP) is 5.07. The molecule has 0 bridgehead atoms. The fraction of sp³-hybridized carbons (Fsp3) is 0.433. The Morgan fingerprint density at radius 2 is 1.57 bits per heavy atom. The standard InChI is InChI=1S/C30H34N2O6S2/c1-20-11-16-39-29(20)30(33)32-12-7-22(8-13-32)31-14-9-23(10-15-31)38-26-5-3-24(17-21(26)2)40(34,35)25-4-6-27-28(18-25)37-19-36-27/h3-6,11,16-18,22-23H,7-10,12-15,19H2,1-2H3. The van der Waals surface area contributed by atoms with Crippen LogP contribution >= 0.6 is 11.3 Å². The predicted molar refractivity (Wildman–Crippen MR) is 152 cm³/mol. The first-order valence-electron chi connectivity index (χ1n) is 13.8. The largest absolute Gasteiger partial charge is 0.490 e. The zero-order valence-electron chi connectivity index (χ0n) is 22.8. The monoisotopic (exact) mass is 582 g/mol. The Labute approximate surface area is 239 Å². The van der Waals surface area contributed by atoms with Crippen molar-refractivity contribution >= 4 is 27.1 Å². The van der Waals surface area contributed by atoms with Crippen LogP contribution in [0.3, 0.4) is 0 Å². The lowest BCUT2D eigenvalue weighted by Gasteiger charge is -2.41. The lowest BCUT2D eigenvalue weighted by Crippen LogP contribution is -2.50. The Balaban J connectivity index is 1.02. The average molecular weight is 583 g/mol. The zero-order valence-corrected chi connectivity index (χ0v) is 24.4. The minimum atomic E-state index is -3.70. The van der Waals surface area contributed by atoms with Crippen LogP contribution < -0.4 is 14.2 Å². The Morgan fingerprint density at radius 1 is 0.875 bits per heavy atom. The molecule has 212 valence electrons. The van der Waals surface area contributed by atoms with Gasteiger partial charge in [0, 0.05) is 38.3 Å². The van der Waals surface area contributed by atoms with Crippen LogP contribution in [0.2, 0.25) is 0 Å². The number of piperidine rings is 2. The van der Waals surface area contributed by atoms with Gasteiger partial charge in [-0.3, -0.25) is 9.69 Å². The van der Waals surface area contributed by atoms with Gasteiger partial charge in [0.05, 0.1) is 14.7 Å². The van der Waals surface area contributed by atoms with E-state index in [0.29, 0.717) is 17.5 Å². The van der Waals surface area contributed by atoms with Crippen LogP contribution in [-0.2, 0) is 9.84 Å². The minimum absolute atomic E-state index is 0.0923. The molecule has 0 aliphatic carbocycles. The van der Waals surface area contributed by atoms with Gasteiger partial charge in [-0.2, -0.15) is 0 Å². The molecule has 2 saturated heterocycles. The van der Waals surface area contributed by atoms with Gasteiger partial charge in [0.1, 0.15) is 11.9 Å². The molecule has 4 heterocycles. The molecule has 1 aromatic heterocycles. The molecule has 0 spiro atoms. The Hall–Kier alpha value is -3.08. The third-order valence-electron chi connectivity index (χ3n) is 8.21. The quantitative estimate of drug-likeness (QED) is 0.401. The normalized spacial score (nSPS) is 18.7. The van der Waals surface area contributed by atoms with Crippen molar-refractivity contribution in [1.29, 1.82) is 0 Å². The lowest BCUT2D eigenvalue weighted by molar-refractivity contribution is 0.0425. The highest BCUT2D eigenvalue weighted by Gasteiger charge is 2.31. The molecule has 2 fully saturated rings. The number of likely N-dealkylation sites (tertiary alicyclic amines) is 2. The van der Waals surface area contributed by atoms with Crippen molar-refractivity contribution in [2.24, 2.45) is 0 Å². The van der Waals surface area contributed by atoms with E-state index in [1.807, 2.05) is 30.2 Å². The number of thiophene rings is 1. The summed E-state index contributed by atoms with van der Waals surface area (Å²) in [5.41, 5.74) is 1.86. The van der Waals surface area contributed by atoms with Crippen LogP contribution in [-0.4, -0.2) is 69.2 Å². The summed E-state index contributed by atoms with van der Waals surface area (Å²) < 4.78 is 43.5. The van der Waals surface area contributed by atoms with E-state index >= 15 is 0 Å². The van der Waals surface area contributed by atoms with Crippen LogP contribution in [0.4, 0.5) is 0 Å². The summed E-state index contributed by atoms with van der Waals surface area (Å²) in [7, 11) is -3.70. The van der Waals surface area contributed by atoms with E-state index in [1.54, 1.807) is 30.3 Å². The van der Waals surface area contributed by atoms with Crippen molar-refractivity contribution in [2.75, 3.05) is 33.0 Å². The number of benzene rings is 2. The van der Waals surface area contributed by atoms with Crippen molar-refractivity contribution in [3.05, 3.63) is 63.8 Å². The van der Waals surface area contributed by atoms with Crippen LogP contribution in [0.25, 0.3) is 0 Å². The first-order chi connectivity index (χ1) is 19.3. The highest BCUT2D eigenvalue weighted by Crippen LogP contribution is 2.36. The number of amides is 1. The van der Waals surface area contributed by atoms with Gasteiger partial charge >= 0.3 is 0 Å². The second kappa shape index (κ2) is 11.1. The number of ether oxygens (including phenoxy) is 3. The summed E-state index contributed by atoms with van der Waals surface area (Å²) in [6, 6.07) is 12.2. The summed E-state index contributed by atoms with van der Waals surface area (Å²) in [6.45, 7) is 7.51. The van der Waals surface area contributed by atoms with Gasteiger partial charge in [-0.05, 0) is 92.4 Å². The van der Waals surface area contributed by atoms with E-state index in [4.69, 9.17) is 14.2 Å². The van der Waals surface area contributed by atoms with E-state index in [1.165, 1.54) is 17.4 Å². The third kappa shape index (κ3) is 5.32. The Kier molecular flexibility index (Phi) is 7.50. The number of hydrogen-bond donors (Lipinski definition) is 0. The van der Waals surface area contributed by atoms with Gasteiger partial charge in [0.15, 0.2) is 11.5 Å². The molecule has 0 saturated carbocycles. The molecule has 3 aromatic rings. The van der Waals surface area contributed by atoms with Gasteiger partial charge in [-0.15, -0.1) is 11.3 Å². The van der Waals surface area contributed by atoms with Gasteiger partial charge in [0.25, 0.3) is 5.91 Å². The zero-order chi connectivity index (χ0) is 27.9. The average Bonchev–Trinajstić information content (AvgIpc) is 3.62. The number of sulfone groups is 1. The molecule has 0 N–H and O–H groups in total. The second-order valence-corrected chi connectivity index (χ2v) is 13.6. The molecule has 1 amide bonds. The SMILES string of the molecule is Cc1cc(S(=O)(=O)c2ccc3c(c2)OCO3)ccc1OC1CCN(C2CCN(C(=O)c3sccc3C)CC2)CC1. The van der Waals surface area contributed by atoms with Crippen molar-refractivity contribution in [1.82, 2.24) is 9.80 Å². The molecule has 0 radical (unpaired) electrons. The van der Waals surface area contributed by atoms with E-state index in [0.717, 1.165) is 73.6 Å². The van der Waals surface area contributed by atoms with Gasteiger partial charge in [-0.25, -0.2) is 8.42 Å². The van der Waals surface area contributed by atoms with Crippen molar-refractivity contribution in [2.45, 2.75) is 61.5 Å². The maximum absolute atomic E-state index is 13.2. The fourth-order valence-electron chi connectivity index (χ4n) is 5.81. The number of rotatable bonds is 6. The smallest absolute Gasteiger partial charge is 0.264 e. The van der Waals surface area contributed by atoms with Crippen molar-refractivity contribution < 1.29 is 27.4 Å². The molecule has 3 aliphatic rings. The Bertz CT molecular complexity index is 1500. The topological polar surface area (TPSA) is 85.4 Å².